The molecule has 0 radical (unpaired) electrons. The third kappa shape index (κ3) is 3.33. The van der Waals surface area contributed by atoms with Gasteiger partial charge in [0.15, 0.2) is 5.82 Å². The molecule has 0 aliphatic rings. The van der Waals surface area contributed by atoms with E-state index in [1.54, 1.807) is 36.4 Å². The fraction of sp³-hybridized carbons (Fsp3) is 0.0625. The Kier molecular flexibility index (Phi) is 4.20. The van der Waals surface area contributed by atoms with Gasteiger partial charge >= 0.3 is 11.8 Å². The summed E-state index contributed by atoms with van der Waals surface area (Å²) in [5.74, 6) is -0.312. The molecule has 2 aromatic heterocycles. The van der Waals surface area contributed by atoms with Gasteiger partial charge in [-0.3, -0.25) is 9.51 Å². The lowest BCUT2D eigenvalue weighted by molar-refractivity contribution is 0.273. The van der Waals surface area contributed by atoms with E-state index in [0.29, 0.717) is 22.1 Å². The van der Waals surface area contributed by atoms with E-state index in [-0.39, 0.29) is 12.6 Å². The molecule has 2 aromatic carbocycles. The standard InChI is InChI=1S/C16H11ClN6O3/c17-12-6-4-10(5-7-12)9-25-15-19-21-22-23(15)13-3-1-2-11(8-13)14-18-16(24)26-20-14/h1-8H,9H2,(H,18,20,24). The molecule has 4 aromatic rings. The number of ether oxygens (including phenoxy) is 1. The number of aromatic amines is 1. The Morgan fingerprint density at radius 2 is 2.04 bits per heavy atom. The molecule has 0 aliphatic heterocycles. The van der Waals surface area contributed by atoms with Crippen molar-refractivity contribution in [2.75, 3.05) is 0 Å². The van der Waals surface area contributed by atoms with Gasteiger partial charge in [0.25, 0.3) is 0 Å². The molecule has 0 saturated heterocycles. The number of hydrogen-bond acceptors (Lipinski definition) is 7. The van der Waals surface area contributed by atoms with Crippen LogP contribution in [0.25, 0.3) is 17.1 Å². The van der Waals surface area contributed by atoms with Crippen molar-refractivity contribution in [1.29, 1.82) is 0 Å². The van der Waals surface area contributed by atoms with Crippen LogP contribution in [0.5, 0.6) is 6.01 Å². The zero-order valence-electron chi connectivity index (χ0n) is 13.2. The molecule has 0 fully saturated rings. The van der Waals surface area contributed by atoms with E-state index in [4.69, 9.17) is 16.3 Å². The number of benzene rings is 2. The molecule has 130 valence electrons. The molecular formula is C16H11ClN6O3. The molecule has 0 saturated carbocycles. The minimum absolute atomic E-state index is 0.228. The van der Waals surface area contributed by atoms with Crippen LogP contribution < -0.4 is 10.5 Å². The highest BCUT2D eigenvalue weighted by Crippen LogP contribution is 2.20. The minimum Gasteiger partial charge on any atom is -0.457 e. The first kappa shape index (κ1) is 16.0. The molecule has 0 atom stereocenters. The van der Waals surface area contributed by atoms with Gasteiger partial charge in [0.1, 0.15) is 6.61 Å². The van der Waals surface area contributed by atoms with Gasteiger partial charge < -0.3 is 4.74 Å². The monoisotopic (exact) mass is 370 g/mol. The minimum atomic E-state index is -0.625. The van der Waals surface area contributed by atoms with Gasteiger partial charge in [0, 0.05) is 10.6 Å². The van der Waals surface area contributed by atoms with Crippen molar-refractivity contribution in [2.45, 2.75) is 6.61 Å². The summed E-state index contributed by atoms with van der Waals surface area (Å²) in [5, 5.41) is 15.8. The predicted molar refractivity (Wildman–Crippen MR) is 91.1 cm³/mol. The van der Waals surface area contributed by atoms with E-state index in [0.717, 1.165) is 5.56 Å². The predicted octanol–water partition coefficient (Wildman–Crippen LogP) is 2.24. The first-order chi connectivity index (χ1) is 12.7. The topological polar surface area (TPSA) is 112 Å². The third-order valence-electron chi connectivity index (χ3n) is 3.53. The van der Waals surface area contributed by atoms with Crippen molar-refractivity contribution in [1.82, 2.24) is 30.3 Å². The van der Waals surface area contributed by atoms with Crippen LogP contribution >= 0.6 is 11.6 Å². The second-order valence-corrected chi connectivity index (χ2v) is 5.72. The number of nitrogens with zero attached hydrogens (tertiary/aromatic N) is 5. The molecule has 0 unspecified atom stereocenters. The van der Waals surface area contributed by atoms with Crippen molar-refractivity contribution in [3.05, 3.63) is 69.7 Å². The Labute approximate surface area is 151 Å². The largest absolute Gasteiger partial charge is 0.457 e. The Bertz CT molecular complexity index is 1090. The van der Waals surface area contributed by atoms with Crippen LogP contribution in [0.4, 0.5) is 0 Å². The molecule has 10 heteroatoms. The molecule has 26 heavy (non-hydrogen) atoms. The van der Waals surface area contributed by atoms with E-state index < -0.39 is 5.76 Å². The second-order valence-electron chi connectivity index (χ2n) is 5.28. The molecule has 9 nitrogen and oxygen atoms in total. The number of tetrazole rings is 1. The second kappa shape index (κ2) is 6.81. The SMILES string of the molecule is O=c1[nH]c(-c2cccc(-n3nnnc3OCc3ccc(Cl)cc3)c2)no1. The summed E-state index contributed by atoms with van der Waals surface area (Å²) in [6.07, 6.45) is 0. The highest BCUT2D eigenvalue weighted by Gasteiger charge is 2.12. The van der Waals surface area contributed by atoms with Gasteiger partial charge in [-0.15, -0.1) is 0 Å². The van der Waals surface area contributed by atoms with Crippen LogP contribution in [0, 0.1) is 0 Å². The molecule has 4 rings (SSSR count). The summed E-state index contributed by atoms with van der Waals surface area (Å²) >= 11 is 5.87. The Morgan fingerprint density at radius 3 is 2.81 bits per heavy atom. The molecule has 0 aliphatic carbocycles. The van der Waals surface area contributed by atoms with Gasteiger partial charge in [0.2, 0.25) is 0 Å². The lowest BCUT2D eigenvalue weighted by Gasteiger charge is -2.07. The molecule has 0 amide bonds. The van der Waals surface area contributed by atoms with Crippen LogP contribution in [0.3, 0.4) is 0 Å². The molecular weight excluding hydrogens is 360 g/mol. The van der Waals surface area contributed by atoms with Crippen LogP contribution in [0.2, 0.25) is 5.02 Å². The maximum atomic E-state index is 11.1. The average Bonchev–Trinajstić information content (AvgIpc) is 3.30. The summed E-state index contributed by atoms with van der Waals surface area (Å²) < 4.78 is 11.7. The van der Waals surface area contributed by atoms with E-state index >= 15 is 0 Å². The van der Waals surface area contributed by atoms with E-state index in [9.17, 15) is 4.79 Å². The summed E-state index contributed by atoms with van der Waals surface area (Å²) in [5.41, 5.74) is 2.22. The summed E-state index contributed by atoms with van der Waals surface area (Å²) in [6.45, 7) is 0.286. The fourth-order valence-corrected chi connectivity index (χ4v) is 2.42. The summed E-state index contributed by atoms with van der Waals surface area (Å²) in [4.78, 5) is 13.6. The van der Waals surface area contributed by atoms with Crippen molar-refractivity contribution in [3.8, 4) is 23.1 Å². The lowest BCUT2D eigenvalue weighted by atomic mass is 10.2. The normalized spacial score (nSPS) is 10.8. The van der Waals surface area contributed by atoms with Crippen LogP contribution in [0.15, 0.2) is 57.8 Å². The third-order valence-corrected chi connectivity index (χ3v) is 3.78. The Morgan fingerprint density at radius 1 is 1.19 bits per heavy atom. The maximum absolute atomic E-state index is 11.1. The zero-order chi connectivity index (χ0) is 17.9. The molecule has 1 N–H and O–H groups in total. The Hall–Kier alpha value is -3.46. The molecule has 0 spiro atoms. The van der Waals surface area contributed by atoms with Crippen molar-refractivity contribution >= 4 is 11.6 Å². The van der Waals surface area contributed by atoms with Gasteiger partial charge in [-0.1, -0.05) is 46.1 Å². The van der Waals surface area contributed by atoms with Crippen LogP contribution in [-0.4, -0.2) is 30.3 Å². The number of H-pyrrole nitrogens is 1. The van der Waals surface area contributed by atoms with Crippen molar-refractivity contribution < 1.29 is 9.26 Å². The smallest absolute Gasteiger partial charge is 0.439 e. The number of halogens is 1. The highest BCUT2D eigenvalue weighted by molar-refractivity contribution is 6.30. The Balaban J connectivity index is 1.58. The van der Waals surface area contributed by atoms with E-state index in [1.165, 1.54) is 4.68 Å². The van der Waals surface area contributed by atoms with Gasteiger partial charge in [-0.05, 0) is 40.3 Å². The first-order valence-electron chi connectivity index (χ1n) is 7.51. The molecule has 2 heterocycles. The zero-order valence-corrected chi connectivity index (χ0v) is 13.9. The van der Waals surface area contributed by atoms with Gasteiger partial charge in [-0.25, -0.2) is 4.79 Å². The number of nitrogens with one attached hydrogen (secondary N) is 1. The van der Waals surface area contributed by atoms with E-state index in [1.807, 2.05) is 12.1 Å². The molecule has 0 bridgehead atoms. The maximum Gasteiger partial charge on any atom is 0.439 e. The van der Waals surface area contributed by atoms with Crippen molar-refractivity contribution in [3.63, 3.8) is 0 Å². The van der Waals surface area contributed by atoms with Gasteiger partial charge in [-0.2, -0.15) is 4.68 Å². The van der Waals surface area contributed by atoms with Crippen LogP contribution in [0.1, 0.15) is 5.56 Å². The lowest BCUT2D eigenvalue weighted by Crippen LogP contribution is -2.04. The van der Waals surface area contributed by atoms with Gasteiger partial charge in [0.05, 0.1) is 5.69 Å². The summed E-state index contributed by atoms with van der Waals surface area (Å²) in [6, 6.07) is 14.6. The fourth-order valence-electron chi connectivity index (χ4n) is 2.30. The average molecular weight is 371 g/mol. The van der Waals surface area contributed by atoms with Crippen molar-refractivity contribution in [2.24, 2.45) is 0 Å². The summed E-state index contributed by atoms with van der Waals surface area (Å²) in [7, 11) is 0. The quantitative estimate of drug-likeness (QED) is 0.573. The highest BCUT2D eigenvalue weighted by atomic mass is 35.5. The first-order valence-corrected chi connectivity index (χ1v) is 7.89. The number of hydrogen-bond donors (Lipinski definition) is 1. The number of aromatic nitrogens is 6. The number of rotatable bonds is 5. The van der Waals surface area contributed by atoms with E-state index in [2.05, 4.69) is 30.2 Å². The van der Waals surface area contributed by atoms with Crippen LogP contribution in [-0.2, 0) is 6.61 Å².